The van der Waals surface area contributed by atoms with E-state index in [2.05, 4.69) is 43.5 Å². The lowest BCUT2D eigenvalue weighted by molar-refractivity contribution is -0.0913. The highest BCUT2D eigenvalue weighted by molar-refractivity contribution is 5.27. The largest absolute Gasteiger partial charge is 0.373 e. The number of hydrogen-bond acceptors (Lipinski definition) is 3. The fourth-order valence-electron chi connectivity index (χ4n) is 3.45. The molecule has 0 aromatic heterocycles. The van der Waals surface area contributed by atoms with E-state index in [1.54, 1.807) is 0 Å². The van der Waals surface area contributed by atoms with Crippen LogP contribution in [0, 0.1) is 0 Å². The summed E-state index contributed by atoms with van der Waals surface area (Å²) in [5.74, 6) is 5.89. The molecule has 1 atom stereocenters. The van der Waals surface area contributed by atoms with Gasteiger partial charge in [-0.1, -0.05) is 50.5 Å². The van der Waals surface area contributed by atoms with Gasteiger partial charge in [0.2, 0.25) is 0 Å². The van der Waals surface area contributed by atoms with Crippen molar-refractivity contribution in [1.82, 2.24) is 5.43 Å². The van der Waals surface area contributed by atoms with Crippen LogP contribution in [0.15, 0.2) is 24.3 Å². The van der Waals surface area contributed by atoms with Crippen LogP contribution in [0.5, 0.6) is 0 Å². The van der Waals surface area contributed by atoms with Crippen molar-refractivity contribution in [2.24, 2.45) is 5.84 Å². The summed E-state index contributed by atoms with van der Waals surface area (Å²) in [6.45, 7) is 4.99. The number of hydrazine groups is 1. The lowest BCUT2D eigenvalue weighted by Gasteiger charge is -2.43. The SMILES string of the molecule is CCOC1(C(NN)c2ccc(CC)cc2)CCCCC1. The van der Waals surface area contributed by atoms with Crippen molar-refractivity contribution in [2.45, 2.75) is 64.0 Å². The second-order valence-electron chi connectivity index (χ2n) is 5.75. The van der Waals surface area contributed by atoms with Crippen LogP contribution in [0.4, 0.5) is 0 Å². The van der Waals surface area contributed by atoms with E-state index < -0.39 is 0 Å². The molecule has 1 aliphatic rings. The summed E-state index contributed by atoms with van der Waals surface area (Å²) >= 11 is 0. The average molecular weight is 276 g/mol. The summed E-state index contributed by atoms with van der Waals surface area (Å²) in [6.07, 6.45) is 7.01. The summed E-state index contributed by atoms with van der Waals surface area (Å²) in [5.41, 5.74) is 5.48. The molecule has 0 radical (unpaired) electrons. The zero-order valence-electron chi connectivity index (χ0n) is 12.8. The molecule has 0 heterocycles. The summed E-state index contributed by atoms with van der Waals surface area (Å²) in [6, 6.07) is 8.86. The zero-order valence-corrected chi connectivity index (χ0v) is 12.8. The summed E-state index contributed by atoms with van der Waals surface area (Å²) < 4.78 is 6.19. The quantitative estimate of drug-likeness (QED) is 0.617. The van der Waals surface area contributed by atoms with E-state index in [1.807, 2.05) is 0 Å². The van der Waals surface area contributed by atoms with E-state index in [-0.39, 0.29) is 11.6 Å². The molecule has 1 aliphatic carbocycles. The van der Waals surface area contributed by atoms with Crippen molar-refractivity contribution in [3.63, 3.8) is 0 Å². The molecule has 1 saturated carbocycles. The predicted octanol–water partition coefficient (Wildman–Crippen LogP) is 3.49. The molecular formula is C17H28N2O. The van der Waals surface area contributed by atoms with Crippen LogP contribution in [0.1, 0.15) is 63.1 Å². The molecule has 112 valence electrons. The van der Waals surface area contributed by atoms with Crippen molar-refractivity contribution >= 4 is 0 Å². The third-order valence-electron chi connectivity index (χ3n) is 4.55. The van der Waals surface area contributed by atoms with Gasteiger partial charge >= 0.3 is 0 Å². The first-order valence-electron chi connectivity index (χ1n) is 7.94. The molecule has 0 spiro atoms. The Morgan fingerprint density at radius 3 is 2.30 bits per heavy atom. The molecule has 0 saturated heterocycles. The third kappa shape index (κ3) is 3.22. The van der Waals surface area contributed by atoms with E-state index in [1.165, 1.54) is 30.4 Å². The van der Waals surface area contributed by atoms with Gasteiger partial charge in [0.25, 0.3) is 0 Å². The Balaban J connectivity index is 2.26. The molecule has 3 nitrogen and oxygen atoms in total. The van der Waals surface area contributed by atoms with Gasteiger partial charge in [0.05, 0.1) is 11.6 Å². The third-order valence-corrected chi connectivity index (χ3v) is 4.55. The number of ether oxygens (including phenoxy) is 1. The molecule has 20 heavy (non-hydrogen) atoms. The second-order valence-corrected chi connectivity index (χ2v) is 5.75. The van der Waals surface area contributed by atoms with Crippen LogP contribution in [0.2, 0.25) is 0 Å². The number of nitrogens with two attached hydrogens (primary N) is 1. The Morgan fingerprint density at radius 1 is 1.15 bits per heavy atom. The monoisotopic (exact) mass is 276 g/mol. The van der Waals surface area contributed by atoms with Crippen molar-refractivity contribution in [3.8, 4) is 0 Å². The molecule has 0 bridgehead atoms. The van der Waals surface area contributed by atoms with E-state index >= 15 is 0 Å². The van der Waals surface area contributed by atoms with Gasteiger partial charge in [0.1, 0.15) is 0 Å². The number of nitrogens with one attached hydrogen (secondary N) is 1. The van der Waals surface area contributed by atoms with E-state index in [0.717, 1.165) is 25.9 Å². The van der Waals surface area contributed by atoms with Crippen LogP contribution >= 0.6 is 0 Å². The molecule has 3 N–H and O–H groups in total. The first-order valence-corrected chi connectivity index (χ1v) is 7.94. The highest BCUT2D eigenvalue weighted by Crippen LogP contribution is 2.41. The minimum absolute atomic E-state index is 0.0775. The molecular weight excluding hydrogens is 248 g/mol. The van der Waals surface area contributed by atoms with Gasteiger partial charge < -0.3 is 4.74 Å². The predicted molar refractivity (Wildman–Crippen MR) is 83.3 cm³/mol. The van der Waals surface area contributed by atoms with Crippen LogP contribution in [0.25, 0.3) is 0 Å². The molecule has 1 aromatic carbocycles. The molecule has 1 aromatic rings. The molecule has 1 fully saturated rings. The van der Waals surface area contributed by atoms with Gasteiger partial charge in [-0.2, -0.15) is 0 Å². The molecule has 3 heteroatoms. The molecule has 1 unspecified atom stereocenters. The van der Waals surface area contributed by atoms with Crippen LogP contribution in [0.3, 0.4) is 0 Å². The van der Waals surface area contributed by atoms with Gasteiger partial charge in [-0.15, -0.1) is 0 Å². The lowest BCUT2D eigenvalue weighted by atomic mass is 9.76. The van der Waals surface area contributed by atoms with Crippen molar-refractivity contribution in [2.75, 3.05) is 6.61 Å². The van der Waals surface area contributed by atoms with Crippen molar-refractivity contribution in [1.29, 1.82) is 0 Å². The van der Waals surface area contributed by atoms with E-state index in [9.17, 15) is 0 Å². The van der Waals surface area contributed by atoms with Gasteiger partial charge in [-0.3, -0.25) is 11.3 Å². The number of aryl methyl sites for hydroxylation is 1. The lowest BCUT2D eigenvalue weighted by Crippen LogP contribution is -2.49. The molecule has 0 amide bonds. The molecule has 0 aliphatic heterocycles. The number of hydrogen-bond donors (Lipinski definition) is 2. The Hall–Kier alpha value is -0.900. The topological polar surface area (TPSA) is 47.3 Å². The maximum atomic E-state index is 6.19. The zero-order chi connectivity index (χ0) is 14.4. The van der Waals surface area contributed by atoms with Crippen LogP contribution in [-0.2, 0) is 11.2 Å². The first-order chi connectivity index (χ1) is 9.75. The summed E-state index contributed by atoms with van der Waals surface area (Å²) in [5, 5.41) is 0. The minimum Gasteiger partial charge on any atom is -0.373 e. The highest BCUT2D eigenvalue weighted by Gasteiger charge is 2.41. The maximum Gasteiger partial charge on any atom is 0.0889 e. The molecule has 2 rings (SSSR count). The maximum absolute atomic E-state index is 6.19. The van der Waals surface area contributed by atoms with Crippen molar-refractivity contribution in [3.05, 3.63) is 35.4 Å². The average Bonchev–Trinajstić information content (AvgIpc) is 2.50. The normalized spacial score (nSPS) is 19.8. The van der Waals surface area contributed by atoms with Gasteiger partial charge in [0.15, 0.2) is 0 Å². The number of benzene rings is 1. The second kappa shape index (κ2) is 7.21. The Labute approximate surface area is 122 Å². The van der Waals surface area contributed by atoms with Crippen LogP contribution in [-0.4, -0.2) is 12.2 Å². The van der Waals surface area contributed by atoms with Gasteiger partial charge in [0, 0.05) is 6.61 Å². The fourth-order valence-corrected chi connectivity index (χ4v) is 3.45. The standard InChI is InChI=1S/C17H28N2O/c1-3-14-8-10-15(11-9-14)16(19-18)17(20-4-2)12-6-5-7-13-17/h8-11,16,19H,3-7,12-13,18H2,1-2H3. The number of rotatable bonds is 6. The Morgan fingerprint density at radius 2 is 1.80 bits per heavy atom. The van der Waals surface area contributed by atoms with E-state index in [4.69, 9.17) is 10.6 Å². The Kier molecular flexibility index (Phi) is 5.58. The summed E-state index contributed by atoms with van der Waals surface area (Å²) in [7, 11) is 0. The highest BCUT2D eigenvalue weighted by atomic mass is 16.5. The van der Waals surface area contributed by atoms with Crippen LogP contribution < -0.4 is 11.3 Å². The smallest absolute Gasteiger partial charge is 0.0889 e. The Bertz CT molecular complexity index is 390. The fraction of sp³-hybridized carbons (Fsp3) is 0.647. The van der Waals surface area contributed by atoms with Gasteiger partial charge in [-0.25, -0.2) is 0 Å². The minimum atomic E-state index is -0.143. The van der Waals surface area contributed by atoms with Crippen molar-refractivity contribution < 1.29 is 4.74 Å². The van der Waals surface area contributed by atoms with Gasteiger partial charge in [-0.05, 0) is 37.3 Å². The first kappa shape index (κ1) is 15.5. The van der Waals surface area contributed by atoms with E-state index in [0.29, 0.717) is 0 Å². The summed E-state index contributed by atoms with van der Waals surface area (Å²) in [4.78, 5) is 0.